The Morgan fingerprint density at radius 1 is 1.00 bits per heavy atom. The SMILES string of the molecule is CNC(=O)Nc1c2c(c(Br)c3c1CCC3)CCC2. The van der Waals surface area contributed by atoms with Gasteiger partial charge in [0.15, 0.2) is 0 Å². The number of carbonyl (C=O) groups is 1. The van der Waals surface area contributed by atoms with Crippen LogP contribution in [0.4, 0.5) is 10.5 Å². The average molecular weight is 309 g/mol. The van der Waals surface area contributed by atoms with Crippen LogP contribution in [0.2, 0.25) is 0 Å². The molecular formula is C14H17BrN2O. The molecule has 0 fully saturated rings. The maximum Gasteiger partial charge on any atom is 0.318 e. The van der Waals surface area contributed by atoms with Gasteiger partial charge in [-0.15, -0.1) is 0 Å². The molecule has 2 aliphatic carbocycles. The van der Waals surface area contributed by atoms with E-state index in [4.69, 9.17) is 0 Å². The van der Waals surface area contributed by atoms with E-state index in [9.17, 15) is 4.79 Å². The lowest BCUT2D eigenvalue weighted by Crippen LogP contribution is -2.26. The number of rotatable bonds is 1. The van der Waals surface area contributed by atoms with Crippen LogP contribution in [0.3, 0.4) is 0 Å². The molecule has 2 N–H and O–H groups in total. The van der Waals surface area contributed by atoms with E-state index in [1.165, 1.54) is 39.6 Å². The Morgan fingerprint density at radius 2 is 1.50 bits per heavy atom. The van der Waals surface area contributed by atoms with E-state index in [1.54, 1.807) is 7.05 Å². The zero-order valence-corrected chi connectivity index (χ0v) is 12.1. The van der Waals surface area contributed by atoms with Crippen LogP contribution < -0.4 is 10.6 Å². The number of anilines is 1. The first kappa shape index (κ1) is 12.0. The maximum atomic E-state index is 11.6. The van der Waals surface area contributed by atoms with Crippen LogP contribution in [0, 0.1) is 0 Å². The van der Waals surface area contributed by atoms with E-state index in [-0.39, 0.29) is 6.03 Å². The summed E-state index contributed by atoms with van der Waals surface area (Å²) in [4.78, 5) is 11.6. The second-order valence-electron chi connectivity index (χ2n) is 5.01. The number of fused-ring (bicyclic) bond motifs is 2. The first-order valence-corrected chi connectivity index (χ1v) is 7.35. The Hall–Kier alpha value is -1.03. The minimum Gasteiger partial charge on any atom is -0.341 e. The van der Waals surface area contributed by atoms with Crippen LogP contribution >= 0.6 is 15.9 Å². The van der Waals surface area contributed by atoms with E-state index in [0.717, 1.165) is 31.4 Å². The predicted octanol–water partition coefficient (Wildman–Crippen LogP) is 3.18. The third-order valence-electron chi connectivity index (χ3n) is 4.03. The molecule has 0 aromatic heterocycles. The molecule has 0 radical (unpaired) electrons. The minimum absolute atomic E-state index is 0.111. The van der Waals surface area contributed by atoms with Crippen molar-refractivity contribution in [1.29, 1.82) is 0 Å². The fourth-order valence-electron chi connectivity index (χ4n) is 3.21. The van der Waals surface area contributed by atoms with E-state index in [2.05, 4.69) is 26.6 Å². The van der Waals surface area contributed by atoms with Crippen LogP contribution in [-0.4, -0.2) is 13.1 Å². The van der Waals surface area contributed by atoms with Crippen molar-refractivity contribution in [3.8, 4) is 0 Å². The number of carbonyl (C=O) groups excluding carboxylic acids is 1. The number of halogens is 1. The molecule has 0 unspecified atom stereocenters. The summed E-state index contributed by atoms with van der Waals surface area (Å²) < 4.78 is 1.31. The zero-order chi connectivity index (χ0) is 12.7. The van der Waals surface area contributed by atoms with Gasteiger partial charge in [-0.2, -0.15) is 0 Å². The van der Waals surface area contributed by atoms with Crippen LogP contribution in [0.1, 0.15) is 35.1 Å². The first-order valence-electron chi connectivity index (χ1n) is 6.56. The van der Waals surface area contributed by atoms with Gasteiger partial charge in [-0.1, -0.05) is 15.9 Å². The number of benzene rings is 1. The zero-order valence-electron chi connectivity index (χ0n) is 10.5. The molecule has 3 nitrogen and oxygen atoms in total. The molecule has 0 heterocycles. The standard InChI is InChI=1S/C14H17BrN2O/c1-16-14(18)17-13-10-6-2-4-8(10)12(15)9-5-3-7-11(9)13/h2-7H2,1H3,(H2,16,17,18). The van der Waals surface area contributed by atoms with Crippen LogP contribution in [0.5, 0.6) is 0 Å². The molecule has 3 rings (SSSR count). The predicted molar refractivity (Wildman–Crippen MR) is 76.3 cm³/mol. The Morgan fingerprint density at radius 3 is 2.00 bits per heavy atom. The highest BCUT2D eigenvalue weighted by Gasteiger charge is 2.28. The van der Waals surface area contributed by atoms with Gasteiger partial charge in [-0.25, -0.2) is 4.79 Å². The van der Waals surface area contributed by atoms with Crippen molar-refractivity contribution in [1.82, 2.24) is 5.32 Å². The van der Waals surface area contributed by atoms with Gasteiger partial charge in [0.1, 0.15) is 0 Å². The summed E-state index contributed by atoms with van der Waals surface area (Å²) in [7, 11) is 1.66. The Kier molecular flexibility index (Phi) is 3.06. The number of hydrogen-bond donors (Lipinski definition) is 2. The van der Waals surface area contributed by atoms with Crippen molar-refractivity contribution in [2.75, 3.05) is 12.4 Å². The normalized spacial score (nSPS) is 16.3. The fourth-order valence-corrected chi connectivity index (χ4v) is 4.09. The molecule has 0 atom stereocenters. The van der Waals surface area contributed by atoms with Gasteiger partial charge in [0, 0.05) is 17.2 Å². The number of nitrogens with one attached hydrogen (secondary N) is 2. The molecule has 2 amide bonds. The van der Waals surface area contributed by atoms with Gasteiger partial charge in [0.25, 0.3) is 0 Å². The lowest BCUT2D eigenvalue weighted by molar-refractivity contribution is 0.254. The Labute approximate surface area is 115 Å². The Balaban J connectivity index is 2.15. The van der Waals surface area contributed by atoms with Crippen molar-refractivity contribution >= 4 is 27.6 Å². The molecule has 4 heteroatoms. The van der Waals surface area contributed by atoms with Crippen LogP contribution in [0.15, 0.2) is 4.47 Å². The summed E-state index contributed by atoms with van der Waals surface area (Å²) in [6.45, 7) is 0. The summed E-state index contributed by atoms with van der Waals surface area (Å²) in [6.07, 6.45) is 6.82. The topological polar surface area (TPSA) is 41.1 Å². The molecule has 0 aliphatic heterocycles. The summed E-state index contributed by atoms with van der Waals surface area (Å²) in [5.74, 6) is 0. The average Bonchev–Trinajstić information content (AvgIpc) is 3.02. The summed E-state index contributed by atoms with van der Waals surface area (Å²) >= 11 is 3.77. The van der Waals surface area contributed by atoms with Gasteiger partial charge in [-0.05, 0) is 60.8 Å². The van der Waals surface area contributed by atoms with Crippen molar-refractivity contribution in [3.05, 3.63) is 26.7 Å². The molecule has 1 aromatic rings. The van der Waals surface area contributed by atoms with Gasteiger partial charge in [0.05, 0.1) is 0 Å². The molecule has 0 spiro atoms. The maximum absolute atomic E-state index is 11.6. The highest BCUT2D eigenvalue weighted by atomic mass is 79.9. The fraction of sp³-hybridized carbons (Fsp3) is 0.500. The first-order chi connectivity index (χ1) is 8.72. The molecular weight excluding hydrogens is 292 g/mol. The molecule has 0 saturated carbocycles. The number of hydrogen-bond acceptors (Lipinski definition) is 1. The summed E-state index contributed by atoms with van der Waals surface area (Å²) in [5.41, 5.74) is 6.64. The van der Waals surface area contributed by atoms with Crippen molar-refractivity contribution in [2.24, 2.45) is 0 Å². The highest BCUT2D eigenvalue weighted by molar-refractivity contribution is 9.10. The van der Waals surface area contributed by atoms with E-state index in [0.29, 0.717) is 0 Å². The molecule has 0 saturated heterocycles. The molecule has 18 heavy (non-hydrogen) atoms. The van der Waals surface area contributed by atoms with E-state index >= 15 is 0 Å². The third-order valence-corrected chi connectivity index (χ3v) is 4.99. The third kappa shape index (κ3) is 1.74. The quantitative estimate of drug-likeness (QED) is 0.822. The highest BCUT2D eigenvalue weighted by Crippen LogP contribution is 2.43. The second-order valence-corrected chi connectivity index (χ2v) is 5.81. The lowest BCUT2D eigenvalue weighted by Gasteiger charge is -2.17. The van der Waals surface area contributed by atoms with Gasteiger partial charge < -0.3 is 10.6 Å². The monoisotopic (exact) mass is 308 g/mol. The van der Waals surface area contributed by atoms with Gasteiger partial charge in [0.2, 0.25) is 0 Å². The van der Waals surface area contributed by atoms with Crippen LogP contribution in [-0.2, 0) is 25.7 Å². The minimum atomic E-state index is -0.111. The van der Waals surface area contributed by atoms with Gasteiger partial charge in [-0.3, -0.25) is 0 Å². The number of amides is 2. The molecule has 96 valence electrons. The molecule has 0 bridgehead atoms. The van der Waals surface area contributed by atoms with Crippen molar-refractivity contribution < 1.29 is 4.79 Å². The largest absolute Gasteiger partial charge is 0.341 e. The Bertz CT molecular complexity index is 490. The molecule has 1 aromatic carbocycles. The molecule has 2 aliphatic rings. The van der Waals surface area contributed by atoms with Crippen LogP contribution in [0.25, 0.3) is 0 Å². The smallest absolute Gasteiger partial charge is 0.318 e. The number of urea groups is 1. The van der Waals surface area contributed by atoms with E-state index < -0.39 is 0 Å². The van der Waals surface area contributed by atoms with Crippen molar-refractivity contribution in [2.45, 2.75) is 38.5 Å². The summed E-state index contributed by atoms with van der Waals surface area (Å²) in [6, 6.07) is -0.111. The van der Waals surface area contributed by atoms with Crippen molar-refractivity contribution in [3.63, 3.8) is 0 Å². The van der Waals surface area contributed by atoms with Gasteiger partial charge >= 0.3 is 6.03 Å². The summed E-state index contributed by atoms with van der Waals surface area (Å²) in [5, 5.41) is 5.70. The lowest BCUT2D eigenvalue weighted by atomic mass is 9.98. The second kappa shape index (κ2) is 4.57. The van der Waals surface area contributed by atoms with E-state index in [1.807, 2.05) is 0 Å².